The van der Waals surface area contributed by atoms with Gasteiger partial charge in [0.1, 0.15) is 23.4 Å². The van der Waals surface area contributed by atoms with Crippen molar-refractivity contribution in [2.45, 2.75) is 44.6 Å². The van der Waals surface area contributed by atoms with Crippen molar-refractivity contribution in [1.29, 1.82) is 5.26 Å². The van der Waals surface area contributed by atoms with Crippen LogP contribution >= 0.6 is 0 Å². The molecule has 1 N–H and O–H groups in total. The zero-order chi connectivity index (χ0) is 19.3. The molecular formula is C21H23N7. The monoisotopic (exact) mass is 373 g/mol. The minimum absolute atomic E-state index is 0.413. The summed E-state index contributed by atoms with van der Waals surface area (Å²) in [5, 5.41) is 16.8. The van der Waals surface area contributed by atoms with Gasteiger partial charge in [0.05, 0.1) is 6.20 Å². The molecule has 0 spiro atoms. The molecule has 1 aliphatic rings. The molecule has 7 nitrogen and oxygen atoms in total. The van der Waals surface area contributed by atoms with Gasteiger partial charge in [0.25, 0.3) is 0 Å². The smallest absolute Gasteiger partial charge is 0.140 e. The first kappa shape index (κ1) is 18.1. The number of aryl methyl sites for hydroxylation is 1. The SMILES string of the molecule is Cn1cc(-c2cnc(Cc3ccc(C#N)nc3)nc2NC2CCCCC2)cn1. The Hall–Kier alpha value is -3.27. The molecule has 1 fully saturated rings. The van der Waals surface area contributed by atoms with Gasteiger partial charge in [0.2, 0.25) is 0 Å². The Morgan fingerprint density at radius 3 is 2.68 bits per heavy atom. The maximum absolute atomic E-state index is 8.90. The summed E-state index contributed by atoms with van der Waals surface area (Å²) in [6.07, 6.45) is 14.2. The molecule has 0 amide bonds. The van der Waals surface area contributed by atoms with Gasteiger partial charge >= 0.3 is 0 Å². The highest BCUT2D eigenvalue weighted by atomic mass is 15.2. The summed E-state index contributed by atoms with van der Waals surface area (Å²) in [5.74, 6) is 1.60. The normalized spacial score (nSPS) is 14.6. The van der Waals surface area contributed by atoms with Crippen LogP contribution in [0.3, 0.4) is 0 Å². The number of nitriles is 1. The zero-order valence-corrected chi connectivity index (χ0v) is 16.0. The quantitative estimate of drug-likeness (QED) is 0.736. The second kappa shape index (κ2) is 8.17. The molecule has 0 bridgehead atoms. The minimum Gasteiger partial charge on any atom is -0.367 e. The molecule has 3 heterocycles. The number of aromatic nitrogens is 5. The number of anilines is 1. The molecule has 0 unspecified atom stereocenters. The van der Waals surface area contributed by atoms with E-state index in [1.54, 1.807) is 16.9 Å². The molecule has 28 heavy (non-hydrogen) atoms. The van der Waals surface area contributed by atoms with Gasteiger partial charge in [-0.05, 0) is 24.5 Å². The van der Waals surface area contributed by atoms with Crippen molar-refractivity contribution in [1.82, 2.24) is 24.7 Å². The lowest BCUT2D eigenvalue weighted by Gasteiger charge is -2.24. The van der Waals surface area contributed by atoms with E-state index in [0.717, 1.165) is 28.3 Å². The van der Waals surface area contributed by atoms with E-state index in [1.165, 1.54) is 32.1 Å². The van der Waals surface area contributed by atoms with Crippen LogP contribution in [0.25, 0.3) is 11.1 Å². The third-order valence-corrected chi connectivity index (χ3v) is 5.10. The van der Waals surface area contributed by atoms with E-state index in [0.29, 0.717) is 18.2 Å². The standard InChI is InChI=1S/C21H23N7/c1-28-14-16(12-25-28)19-13-24-20(9-15-7-8-18(10-22)23-11-15)27-21(19)26-17-5-3-2-4-6-17/h7-8,11-14,17H,2-6,9H2,1H3,(H,24,26,27). The van der Waals surface area contributed by atoms with Gasteiger partial charge in [0, 0.05) is 49.2 Å². The Morgan fingerprint density at radius 1 is 1.14 bits per heavy atom. The Balaban J connectivity index is 1.62. The zero-order valence-electron chi connectivity index (χ0n) is 16.0. The van der Waals surface area contributed by atoms with Crippen LogP contribution in [0, 0.1) is 11.3 Å². The van der Waals surface area contributed by atoms with Crippen molar-refractivity contribution >= 4 is 5.82 Å². The third kappa shape index (κ3) is 4.17. The topological polar surface area (TPSA) is 92.3 Å². The van der Waals surface area contributed by atoms with Crippen LogP contribution in [0.15, 0.2) is 36.9 Å². The number of rotatable bonds is 5. The van der Waals surface area contributed by atoms with Crippen LogP contribution in [0.5, 0.6) is 0 Å². The molecule has 7 heteroatoms. The molecule has 1 saturated carbocycles. The summed E-state index contributed by atoms with van der Waals surface area (Å²) < 4.78 is 1.79. The van der Waals surface area contributed by atoms with Crippen LogP contribution in [0.4, 0.5) is 5.82 Å². The summed E-state index contributed by atoms with van der Waals surface area (Å²) in [7, 11) is 1.91. The maximum Gasteiger partial charge on any atom is 0.140 e. The first-order valence-electron chi connectivity index (χ1n) is 9.68. The second-order valence-electron chi connectivity index (χ2n) is 7.27. The molecule has 0 radical (unpaired) electrons. The summed E-state index contributed by atoms with van der Waals surface area (Å²) in [6.45, 7) is 0. The van der Waals surface area contributed by atoms with Crippen molar-refractivity contribution in [3.63, 3.8) is 0 Å². The van der Waals surface area contributed by atoms with Crippen molar-refractivity contribution in [3.8, 4) is 17.2 Å². The fourth-order valence-corrected chi connectivity index (χ4v) is 3.60. The Bertz CT molecular complexity index is 979. The van der Waals surface area contributed by atoms with Crippen LogP contribution in [0.1, 0.15) is 49.2 Å². The highest BCUT2D eigenvalue weighted by Crippen LogP contribution is 2.29. The Labute approximate surface area is 164 Å². The molecule has 1 aliphatic carbocycles. The lowest BCUT2D eigenvalue weighted by molar-refractivity contribution is 0.462. The molecule has 0 aliphatic heterocycles. The van der Waals surface area contributed by atoms with E-state index in [2.05, 4.69) is 20.4 Å². The van der Waals surface area contributed by atoms with Crippen molar-refractivity contribution < 1.29 is 0 Å². The van der Waals surface area contributed by atoms with Crippen LogP contribution < -0.4 is 5.32 Å². The average molecular weight is 373 g/mol. The maximum atomic E-state index is 8.90. The number of nitrogens with zero attached hydrogens (tertiary/aromatic N) is 6. The van der Waals surface area contributed by atoms with Gasteiger partial charge in [0.15, 0.2) is 0 Å². The Kier molecular flexibility index (Phi) is 5.29. The summed E-state index contributed by atoms with van der Waals surface area (Å²) in [6, 6.07) is 6.11. The van der Waals surface area contributed by atoms with Crippen molar-refractivity contribution in [2.75, 3.05) is 5.32 Å². The molecular weight excluding hydrogens is 350 g/mol. The third-order valence-electron chi connectivity index (χ3n) is 5.10. The second-order valence-corrected chi connectivity index (χ2v) is 7.27. The number of nitrogens with one attached hydrogen (secondary N) is 1. The first-order valence-corrected chi connectivity index (χ1v) is 9.68. The molecule has 4 rings (SSSR count). The highest BCUT2D eigenvalue weighted by molar-refractivity contribution is 5.73. The highest BCUT2D eigenvalue weighted by Gasteiger charge is 2.18. The van der Waals surface area contributed by atoms with Crippen LogP contribution in [0.2, 0.25) is 0 Å². The Morgan fingerprint density at radius 2 is 2.00 bits per heavy atom. The van der Waals surface area contributed by atoms with E-state index >= 15 is 0 Å². The summed E-state index contributed by atoms with van der Waals surface area (Å²) in [5.41, 5.74) is 3.38. The van der Waals surface area contributed by atoms with Crippen LogP contribution in [-0.2, 0) is 13.5 Å². The van der Waals surface area contributed by atoms with Gasteiger partial charge in [-0.1, -0.05) is 25.3 Å². The molecule has 0 saturated heterocycles. The van der Waals surface area contributed by atoms with Crippen molar-refractivity contribution in [2.24, 2.45) is 7.05 Å². The minimum atomic E-state index is 0.413. The van der Waals surface area contributed by atoms with Gasteiger partial charge in [-0.25, -0.2) is 15.0 Å². The number of pyridine rings is 1. The number of hydrogen-bond donors (Lipinski definition) is 1. The van der Waals surface area contributed by atoms with Gasteiger partial charge < -0.3 is 5.32 Å². The van der Waals surface area contributed by atoms with Crippen molar-refractivity contribution in [3.05, 3.63) is 54.0 Å². The summed E-state index contributed by atoms with van der Waals surface area (Å²) in [4.78, 5) is 13.5. The van der Waals surface area contributed by atoms with E-state index in [1.807, 2.05) is 37.8 Å². The average Bonchev–Trinajstić information content (AvgIpc) is 3.16. The van der Waals surface area contributed by atoms with E-state index < -0.39 is 0 Å². The van der Waals surface area contributed by atoms with Gasteiger partial charge in [-0.2, -0.15) is 10.4 Å². The number of hydrogen-bond acceptors (Lipinski definition) is 6. The van der Waals surface area contributed by atoms with Gasteiger partial charge in [-0.15, -0.1) is 0 Å². The largest absolute Gasteiger partial charge is 0.367 e. The summed E-state index contributed by atoms with van der Waals surface area (Å²) >= 11 is 0. The fraction of sp³-hybridized carbons (Fsp3) is 0.381. The lowest BCUT2D eigenvalue weighted by Crippen LogP contribution is -2.23. The predicted molar refractivity (Wildman–Crippen MR) is 106 cm³/mol. The molecule has 0 aromatic carbocycles. The van der Waals surface area contributed by atoms with E-state index in [9.17, 15) is 0 Å². The van der Waals surface area contributed by atoms with Gasteiger partial charge in [-0.3, -0.25) is 4.68 Å². The van der Waals surface area contributed by atoms with Crippen LogP contribution in [-0.4, -0.2) is 30.8 Å². The lowest BCUT2D eigenvalue weighted by atomic mass is 9.95. The fourth-order valence-electron chi connectivity index (χ4n) is 3.60. The predicted octanol–water partition coefficient (Wildman–Crippen LogP) is 3.48. The molecule has 3 aromatic heterocycles. The van der Waals surface area contributed by atoms with E-state index in [-0.39, 0.29) is 0 Å². The molecule has 3 aromatic rings. The first-order chi connectivity index (χ1) is 13.7. The molecule has 142 valence electrons. The van der Waals surface area contributed by atoms with E-state index in [4.69, 9.17) is 10.2 Å². The molecule has 0 atom stereocenters.